The van der Waals surface area contributed by atoms with Crippen molar-refractivity contribution in [2.24, 2.45) is 0 Å². The van der Waals surface area contributed by atoms with Gasteiger partial charge in [-0.3, -0.25) is 0 Å². The molecule has 1 saturated heterocycles. The van der Waals surface area contributed by atoms with Crippen LogP contribution in [0.3, 0.4) is 0 Å². The Morgan fingerprint density at radius 2 is 1.85 bits per heavy atom. The fourth-order valence-electron chi connectivity index (χ4n) is 4.52. The van der Waals surface area contributed by atoms with Crippen LogP contribution in [-0.4, -0.2) is 60.7 Å². The Morgan fingerprint density at radius 1 is 1.15 bits per heavy atom. The van der Waals surface area contributed by atoms with Crippen LogP contribution in [-0.2, 0) is 16.4 Å². The molecular formula is C23H31F2N5O3S. The number of hydrogen-bond donors (Lipinski definition) is 1. The number of benzene rings is 1. The normalized spacial score (nSPS) is 19.9. The molecule has 1 aromatic carbocycles. The van der Waals surface area contributed by atoms with Gasteiger partial charge in [0, 0.05) is 51.0 Å². The highest BCUT2D eigenvalue weighted by Crippen LogP contribution is 2.35. The van der Waals surface area contributed by atoms with Crippen molar-refractivity contribution >= 4 is 21.7 Å². The minimum absolute atomic E-state index is 0.0466. The van der Waals surface area contributed by atoms with Gasteiger partial charge in [-0.2, -0.15) is 4.31 Å². The second kappa shape index (κ2) is 9.61. The van der Waals surface area contributed by atoms with E-state index < -0.39 is 27.7 Å². The van der Waals surface area contributed by atoms with Crippen LogP contribution in [0.25, 0.3) is 0 Å². The molecule has 1 N–H and O–H groups in total. The molecule has 11 heteroatoms. The zero-order chi connectivity index (χ0) is 24.6. The van der Waals surface area contributed by atoms with E-state index in [1.54, 1.807) is 0 Å². The molecule has 34 heavy (non-hydrogen) atoms. The Labute approximate surface area is 199 Å². The van der Waals surface area contributed by atoms with Crippen LogP contribution in [0.1, 0.15) is 51.0 Å². The molecule has 1 fully saturated rings. The third kappa shape index (κ3) is 5.25. The van der Waals surface area contributed by atoms with Gasteiger partial charge in [0.15, 0.2) is 23.2 Å². The molecule has 0 spiro atoms. The number of ether oxygens (including phenoxy) is 1. The molecule has 1 atom stereocenters. The lowest BCUT2D eigenvalue weighted by Gasteiger charge is -2.36. The van der Waals surface area contributed by atoms with E-state index in [4.69, 9.17) is 14.7 Å². The van der Waals surface area contributed by atoms with E-state index in [2.05, 4.69) is 10.2 Å². The van der Waals surface area contributed by atoms with E-state index in [0.29, 0.717) is 56.2 Å². The van der Waals surface area contributed by atoms with Crippen LogP contribution in [0.2, 0.25) is 0 Å². The van der Waals surface area contributed by atoms with Gasteiger partial charge in [0.05, 0.1) is 23.7 Å². The summed E-state index contributed by atoms with van der Waals surface area (Å²) >= 11 is 0. The molecule has 186 valence electrons. The molecular weight excluding hydrogens is 464 g/mol. The second-order valence-corrected chi connectivity index (χ2v) is 11.1. The van der Waals surface area contributed by atoms with Crippen molar-refractivity contribution in [3.63, 3.8) is 0 Å². The number of fused-ring (bicyclic) bond motifs is 1. The maximum absolute atomic E-state index is 14.0. The largest absolute Gasteiger partial charge is 0.487 e. The average Bonchev–Trinajstić information content (AvgIpc) is 2.75. The summed E-state index contributed by atoms with van der Waals surface area (Å²) in [6.07, 6.45) is 2.77. The van der Waals surface area contributed by atoms with Gasteiger partial charge in [0.1, 0.15) is 11.9 Å². The highest BCUT2D eigenvalue weighted by Gasteiger charge is 2.34. The van der Waals surface area contributed by atoms with Crippen LogP contribution in [0.5, 0.6) is 5.75 Å². The van der Waals surface area contributed by atoms with Gasteiger partial charge in [0.2, 0.25) is 10.0 Å². The Hall–Kier alpha value is -2.53. The Balaban J connectivity index is 1.55. The van der Waals surface area contributed by atoms with Crippen molar-refractivity contribution in [1.82, 2.24) is 14.3 Å². The number of nitrogens with zero attached hydrogens (tertiary/aromatic N) is 4. The van der Waals surface area contributed by atoms with Gasteiger partial charge in [-0.15, -0.1) is 0 Å². The van der Waals surface area contributed by atoms with E-state index >= 15 is 0 Å². The van der Waals surface area contributed by atoms with Crippen molar-refractivity contribution in [3.05, 3.63) is 41.2 Å². The van der Waals surface area contributed by atoms with Gasteiger partial charge < -0.3 is 15.0 Å². The van der Waals surface area contributed by atoms with Crippen molar-refractivity contribution in [1.29, 1.82) is 0 Å². The molecule has 0 aliphatic carbocycles. The maximum Gasteiger partial charge on any atom is 0.211 e. The number of nitrogens with one attached hydrogen (secondary N) is 1. The van der Waals surface area contributed by atoms with Gasteiger partial charge in [-0.05, 0) is 32.9 Å². The van der Waals surface area contributed by atoms with Crippen molar-refractivity contribution in [3.8, 4) is 5.75 Å². The lowest BCUT2D eigenvalue weighted by Crippen LogP contribution is -2.41. The average molecular weight is 496 g/mol. The molecule has 0 bridgehead atoms. The zero-order valence-corrected chi connectivity index (χ0v) is 20.7. The molecule has 8 nitrogen and oxygen atoms in total. The fourth-order valence-corrected chi connectivity index (χ4v) is 5.62. The quantitative estimate of drug-likeness (QED) is 0.656. The summed E-state index contributed by atoms with van der Waals surface area (Å²) in [6, 6.07) is 3.05. The summed E-state index contributed by atoms with van der Waals surface area (Å²) in [5.41, 5.74) is 1.48. The van der Waals surface area contributed by atoms with Gasteiger partial charge in [0.25, 0.3) is 0 Å². The first-order chi connectivity index (χ1) is 16.0. The Kier molecular flexibility index (Phi) is 6.95. The van der Waals surface area contributed by atoms with E-state index in [1.165, 1.54) is 22.7 Å². The standard InChI is InChI=1S/C23H31F2N5O3S/c1-14(2)26-22-23(28-21-15(3)30(34(4,31)32)12-9-19(21)27-22)29-10-7-17(8-11-29)33-20-6-5-16(24)13-18(20)25/h5-6,13-15,17H,7-12H2,1-4H3,(H,26,27). The molecule has 1 aromatic heterocycles. The van der Waals surface area contributed by atoms with Crippen LogP contribution in [0.4, 0.5) is 20.4 Å². The van der Waals surface area contributed by atoms with E-state index in [9.17, 15) is 17.2 Å². The minimum atomic E-state index is -3.36. The number of rotatable bonds is 6. The van der Waals surface area contributed by atoms with Crippen LogP contribution in [0.15, 0.2) is 18.2 Å². The van der Waals surface area contributed by atoms with E-state index in [1.807, 2.05) is 20.8 Å². The summed E-state index contributed by atoms with van der Waals surface area (Å²) in [6.45, 7) is 7.48. The number of aromatic nitrogens is 2. The summed E-state index contributed by atoms with van der Waals surface area (Å²) < 4.78 is 58.9. The molecule has 1 unspecified atom stereocenters. The van der Waals surface area contributed by atoms with Crippen LogP contribution >= 0.6 is 0 Å². The lowest BCUT2D eigenvalue weighted by molar-refractivity contribution is 0.163. The van der Waals surface area contributed by atoms with Crippen molar-refractivity contribution in [2.45, 2.75) is 58.2 Å². The smallest absolute Gasteiger partial charge is 0.211 e. The Morgan fingerprint density at radius 3 is 2.47 bits per heavy atom. The molecule has 2 aromatic rings. The number of sulfonamides is 1. The van der Waals surface area contributed by atoms with E-state index in [0.717, 1.165) is 11.8 Å². The first kappa shape index (κ1) is 24.6. The summed E-state index contributed by atoms with van der Waals surface area (Å²) in [7, 11) is -3.36. The highest BCUT2D eigenvalue weighted by molar-refractivity contribution is 7.88. The SMILES string of the molecule is CC(C)Nc1nc2c(nc1N1CCC(Oc3ccc(F)cc3F)CC1)C(C)N(S(C)(=O)=O)CC2. The minimum Gasteiger partial charge on any atom is -0.487 e. The van der Waals surface area contributed by atoms with Gasteiger partial charge in [-0.1, -0.05) is 0 Å². The van der Waals surface area contributed by atoms with Gasteiger partial charge >= 0.3 is 0 Å². The molecule has 3 heterocycles. The molecule has 2 aliphatic rings. The fraction of sp³-hybridized carbons (Fsp3) is 0.565. The predicted molar refractivity (Wildman–Crippen MR) is 127 cm³/mol. The monoisotopic (exact) mass is 495 g/mol. The van der Waals surface area contributed by atoms with Crippen LogP contribution < -0.4 is 15.0 Å². The number of piperidine rings is 1. The molecule has 4 rings (SSSR count). The zero-order valence-electron chi connectivity index (χ0n) is 19.9. The topological polar surface area (TPSA) is 87.7 Å². The van der Waals surface area contributed by atoms with Crippen molar-refractivity contribution < 1.29 is 21.9 Å². The number of anilines is 2. The molecule has 0 amide bonds. The van der Waals surface area contributed by atoms with Gasteiger partial charge in [-0.25, -0.2) is 27.2 Å². The third-order valence-corrected chi connectivity index (χ3v) is 7.51. The Bertz CT molecular complexity index is 1150. The summed E-state index contributed by atoms with van der Waals surface area (Å²) in [5.74, 6) is 0.0550. The second-order valence-electron chi connectivity index (χ2n) is 9.21. The number of halogens is 2. The van der Waals surface area contributed by atoms with E-state index in [-0.39, 0.29) is 17.9 Å². The first-order valence-electron chi connectivity index (χ1n) is 11.5. The maximum atomic E-state index is 14.0. The third-order valence-electron chi connectivity index (χ3n) is 6.16. The lowest BCUT2D eigenvalue weighted by atomic mass is 10.1. The van der Waals surface area contributed by atoms with Crippen molar-refractivity contribution in [2.75, 3.05) is 36.1 Å². The predicted octanol–water partition coefficient (Wildman–Crippen LogP) is 3.50. The number of hydrogen-bond acceptors (Lipinski definition) is 7. The first-order valence-corrected chi connectivity index (χ1v) is 13.4. The van der Waals surface area contributed by atoms with Crippen LogP contribution in [0, 0.1) is 11.6 Å². The molecule has 0 saturated carbocycles. The molecule has 0 radical (unpaired) electrons. The summed E-state index contributed by atoms with van der Waals surface area (Å²) in [4.78, 5) is 11.9. The highest BCUT2D eigenvalue weighted by atomic mass is 32.2. The molecule has 2 aliphatic heterocycles. The summed E-state index contributed by atoms with van der Waals surface area (Å²) in [5, 5.41) is 3.38.